The van der Waals surface area contributed by atoms with E-state index < -0.39 is 0 Å². The first-order valence-corrected chi connectivity index (χ1v) is 12.0. The number of nitrogens with one attached hydrogen (secondary N) is 1. The number of fused-ring (bicyclic) bond motifs is 1. The molecule has 8 heteroatoms. The fourth-order valence-electron chi connectivity index (χ4n) is 5.21. The van der Waals surface area contributed by atoms with E-state index in [1.165, 1.54) is 18.4 Å². The first-order chi connectivity index (χ1) is 16.0. The normalized spacial score (nSPS) is 18.2. The predicted octanol–water partition coefficient (Wildman–Crippen LogP) is 4.20. The van der Waals surface area contributed by atoms with Gasteiger partial charge in [-0.25, -0.2) is 15.0 Å². The van der Waals surface area contributed by atoms with E-state index in [1.54, 1.807) is 19.0 Å². The van der Waals surface area contributed by atoms with E-state index in [0.717, 1.165) is 55.4 Å². The van der Waals surface area contributed by atoms with Gasteiger partial charge in [0.05, 0.1) is 5.52 Å². The first-order valence-electron chi connectivity index (χ1n) is 12.0. The molecule has 5 rings (SSSR count). The fraction of sp³-hybridized carbons (Fsp3) is 0.520. The minimum Gasteiger partial charge on any atom is -0.343 e. The molecule has 0 atom stereocenters. The Labute approximate surface area is 195 Å². The zero-order valence-corrected chi connectivity index (χ0v) is 19.8. The Balaban J connectivity index is 1.41. The number of carbonyl (C=O) groups excluding carboxylic acids is 1. The molecule has 1 N–H and O–H groups in total. The van der Waals surface area contributed by atoms with Gasteiger partial charge in [-0.15, -0.1) is 0 Å². The molecule has 2 fully saturated rings. The van der Waals surface area contributed by atoms with Crippen molar-refractivity contribution in [2.45, 2.75) is 50.5 Å². The molecule has 1 saturated heterocycles. The molecule has 2 aliphatic rings. The number of amides is 1. The van der Waals surface area contributed by atoms with Crippen LogP contribution in [0.1, 0.15) is 66.5 Å². The van der Waals surface area contributed by atoms with E-state index >= 15 is 0 Å². The SMILES string of the molecule is CN1CCC(c2cnc(Nc3cc4c(cn3)cc(C(=O)N(C)C)n4C3CCCC3)nc2)CC1. The lowest BCUT2D eigenvalue weighted by atomic mass is 9.92. The van der Waals surface area contributed by atoms with Gasteiger partial charge in [0.1, 0.15) is 11.5 Å². The fourth-order valence-corrected chi connectivity index (χ4v) is 5.21. The Kier molecular flexibility index (Phi) is 6.01. The van der Waals surface area contributed by atoms with Crippen molar-refractivity contribution in [3.8, 4) is 0 Å². The van der Waals surface area contributed by atoms with Crippen LogP contribution in [0, 0.1) is 0 Å². The zero-order valence-electron chi connectivity index (χ0n) is 19.8. The maximum absolute atomic E-state index is 12.9. The number of pyridine rings is 1. The number of anilines is 2. The highest BCUT2D eigenvalue weighted by molar-refractivity contribution is 5.99. The summed E-state index contributed by atoms with van der Waals surface area (Å²) in [6, 6.07) is 4.34. The number of piperidine rings is 1. The third kappa shape index (κ3) is 4.44. The molecule has 3 aromatic heterocycles. The van der Waals surface area contributed by atoms with Gasteiger partial charge >= 0.3 is 0 Å². The smallest absolute Gasteiger partial charge is 0.270 e. The van der Waals surface area contributed by atoms with Crippen molar-refractivity contribution >= 4 is 28.6 Å². The number of hydrogen-bond acceptors (Lipinski definition) is 6. The highest BCUT2D eigenvalue weighted by atomic mass is 16.2. The topological polar surface area (TPSA) is 79.2 Å². The summed E-state index contributed by atoms with van der Waals surface area (Å²) in [5.41, 5.74) is 2.98. The van der Waals surface area contributed by atoms with Crippen LogP contribution in [0.3, 0.4) is 0 Å². The molecule has 33 heavy (non-hydrogen) atoms. The van der Waals surface area contributed by atoms with Gasteiger partial charge in [-0.3, -0.25) is 4.79 Å². The second kappa shape index (κ2) is 9.09. The third-order valence-corrected chi connectivity index (χ3v) is 7.14. The lowest BCUT2D eigenvalue weighted by Gasteiger charge is -2.28. The largest absolute Gasteiger partial charge is 0.343 e. The summed E-state index contributed by atoms with van der Waals surface area (Å²) in [5, 5.41) is 4.24. The maximum Gasteiger partial charge on any atom is 0.270 e. The Bertz CT molecular complexity index is 1120. The lowest BCUT2D eigenvalue weighted by molar-refractivity contribution is 0.0815. The Morgan fingerprint density at radius 3 is 2.36 bits per heavy atom. The summed E-state index contributed by atoms with van der Waals surface area (Å²) in [6.45, 7) is 2.24. The summed E-state index contributed by atoms with van der Waals surface area (Å²) < 4.78 is 2.22. The second-order valence-electron chi connectivity index (χ2n) is 9.71. The minimum absolute atomic E-state index is 0.0282. The summed E-state index contributed by atoms with van der Waals surface area (Å²) in [6.07, 6.45) is 12.6. The van der Waals surface area contributed by atoms with Crippen molar-refractivity contribution in [2.24, 2.45) is 0 Å². The molecule has 0 bridgehead atoms. The van der Waals surface area contributed by atoms with E-state index in [4.69, 9.17) is 0 Å². The highest BCUT2D eigenvalue weighted by Crippen LogP contribution is 2.36. The van der Waals surface area contributed by atoms with Gasteiger partial charge in [0.15, 0.2) is 0 Å². The zero-order chi connectivity index (χ0) is 22.9. The molecule has 4 heterocycles. The Morgan fingerprint density at radius 2 is 1.70 bits per heavy atom. The van der Waals surface area contributed by atoms with E-state index in [2.05, 4.69) is 36.8 Å². The standard InChI is InChI=1S/C25H33N7O/c1-30(2)24(33)22-12-18-14-26-23(13-21(18)32(22)20-6-4-5-7-20)29-25-27-15-19(16-28-25)17-8-10-31(3)11-9-17/h12-17,20H,4-11H2,1-3H3,(H,26,27,28,29). The van der Waals surface area contributed by atoms with E-state index in [-0.39, 0.29) is 5.91 Å². The van der Waals surface area contributed by atoms with Crippen LogP contribution in [0.2, 0.25) is 0 Å². The van der Waals surface area contributed by atoms with Crippen molar-refractivity contribution in [1.82, 2.24) is 29.3 Å². The molecule has 1 saturated carbocycles. The van der Waals surface area contributed by atoms with Crippen LogP contribution in [0.5, 0.6) is 0 Å². The van der Waals surface area contributed by atoms with E-state index in [1.807, 2.05) is 30.7 Å². The van der Waals surface area contributed by atoms with Crippen LogP contribution >= 0.6 is 0 Å². The van der Waals surface area contributed by atoms with Crippen molar-refractivity contribution in [3.05, 3.63) is 42.0 Å². The van der Waals surface area contributed by atoms with Crippen LogP contribution in [0.25, 0.3) is 10.9 Å². The quantitative estimate of drug-likeness (QED) is 0.632. The Morgan fingerprint density at radius 1 is 1.00 bits per heavy atom. The third-order valence-electron chi connectivity index (χ3n) is 7.14. The average molecular weight is 448 g/mol. The van der Waals surface area contributed by atoms with Crippen LogP contribution in [0.15, 0.2) is 30.7 Å². The molecule has 3 aromatic rings. The van der Waals surface area contributed by atoms with Gasteiger partial charge in [-0.2, -0.15) is 0 Å². The summed E-state index contributed by atoms with van der Waals surface area (Å²) in [5.74, 6) is 1.80. The molecular weight excluding hydrogens is 414 g/mol. The monoisotopic (exact) mass is 447 g/mol. The Hall–Kier alpha value is -3.00. The number of aromatic nitrogens is 4. The molecule has 0 spiro atoms. The van der Waals surface area contributed by atoms with Gasteiger partial charge in [-0.1, -0.05) is 12.8 Å². The number of rotatable bonds is 5. The van der Waals surface area contributed by atoms with Crippen LogP contribution in [-0.4, -0.2) is 69.5 Å². The van der Waals surface area contributed by atoms with E-state index in [0.29, 0.717) is 23.7 Å². The highest BCUT2D eigenvalue weighted by Gasteiger charge is 2.26. The molecule has 1 amide bonds. The lowest BCUT2D eigenvalue weighted by Crippen LogP contribution is -2.29. The van der Waals surface area contributed by atoms with Gasteiger partial charge in [0.25, 0.3) is 5.91 Å². The van der Waals surface area contributed by atoms with Crippen LogP contribution in [-0.2, 0) is 0 Å². The molecule has 0 unspecified atom stereocenters. The molecule has 174 valence electrons. The molecular formula is C25H33N7O. The molecule has 0 aromatic carbocycles. The van der Waals surface area contributed by atoms with Crippen molar-refractivity contribution in [3.63, 3.8) is 0 Å². The number of likely N-dealkylation sites (tertiary alicyclic amines) is 1. The predicted molar refractivity (Wildman–Crippen MR) is 130 cm³/mol. The summed E-state index contributed by atoms with van der Waals surface area (Å²) >= 11 is 0. The number of carbonyl (C=O) groups is 1. The molecule has 0 radical (unpaired) electrons. The van der Waals surface area contributed by atoms with Crippen LogP contribution in [0.4, 0.5) is 11.8 Å². The number of hydrogen-bond donors (Lipinski definition) is 1. The van der Waals surface area contributed by atoms with Crippen LogP contribution < -0.4 is 5.32 Å². The molecule has 8 nitrogen and oxygen atoms in total. The van der Waals surface area contributed by atoms with Gasteiger partial charge in [0, 0.05) is 50.2 Å². The summed E-state index contributed by atoms with van der Waals surface area (Å²) in [4.78, 5) is 30.6. The van der Waals surface area contributed by atoms with E-state index in [9.17, 15) is 4.79 Å². The van der Waals surface area contributed by atoms with Crippen molar-refractivity contribution < 1.29 is 4.79 Å². The maximum atomic E-state index is 12.9. The average Bonchev–Trinajstić information content (AvgIpc) is 3.47. The van der Waals surface area contributed by atoms with Crippen molar-refractivity contribution in [2.75, 3.05) is 39.5 Å². The number of nitrogens with zero attached hydrogens (tertiary/aromatic N) is 6. The molecule has 1 aliphatic heterocycles. The first kappa shape index (κ1) is 21.8. The summed E-state index contributed by atoms with van der Waals surface area (Å²) in [7, 11) is 5.78. The minimum atomic E-state index is 0.0282. The van der Waals surface area contributed by atoms with Crippen molar-refractivity contribution in [1.29, 1.82) is 0 Å². The molecule has 1 aliphatic carbocycles. The van der Waals surface area contributed by atoms with Gasteiger partial charge in [0.2, 0.25) is 5.95 Å². The second-order valence-corrected chi connectivity index (χ2v) is 9.71. The van der Waals surface area contributed by atoms with Gasteiger partial charge < -0.3 is 19.7 Å². The van der Waals surface area contributed by atoms with Gasteiger partial charge in [-0.05, 0) is 63.4 Å².